The van der Waals surface area contributed by atoms with E-state index in [2.05, 4.69) is 10.0 Å². The highest BCUT2D eigenvalue weighted by atomic mass is 32.2. The van der Waals surface area contributed by atoms with Crippen LogP contribution in [0.2, 0.25) is 0 Å². The van der Waals surface area contributed by atoms with E-state index in [0.29, 0.717) is 18.7 Å². The Morgan fingerprint density at radius 2 is 2.12 bits per heavy atom. The van der Waals surface area contributed by atoms with Crippen LogP contribution >= 0.6 is 0 Å². The fourth-order valence-corrected chi connectivity index (χ4v) is 2.44. The first-order valence-electron chi connectivity index (χ1n) is 5.11. The first-order valence-corrected chi connectivity index (χ1v) is 6.43. The van der Waals surface area contributed by atoms with Gasteiger partial charge in [-0.1, -0.05) is 11.2 Å². The van der Waals surface area contributed by atoms with Crippen LogP contribution in [-0.4, -0.2) is 16.5 Å². The standard InChI is InChI=1S/C11H15N3OS/c1-9-4-5-11(8-10(9)2)16(15)7-3-6-13-14-12/h4-5,8H,3,6-7H2,1-2H3. The predicted octanol–water partition coefficient (Wildman–Crippen LogP) is 3.11. The third-order valence-electron chi connectivity index (χ3n) is 2.39. The van der Waals surface area contributed by atoms with Crippen molar-refractivity contribution in [1.29, 1.82) is 0 Å². The third kappa shape index (κ3) is 3.68. The highest BCUT2D eigenvalue weighted by Crippen LogP contribution is 2.13. The van der Waals surface area contributed by atoms with E-state index in [9.17, 15) is 4.21 Å². The molecule has 0 aliphatic carbocycles. The summed E-state index contributed by atoms with van der Waals surface area (Å²) in [7, 11) is -0.989. The molecule has 1 aromatic carbocycles. The first kappa shape index (κ1) is 12.7. The van der Waals surface area contributed by atoms with Gasteiger partial charge in [-0.25, -0.2) is 0 Å². The Morgan fingerprint density at radius 3 is 2.75 bits per heavy atom. The van der Waals surface area contributed by atoms with Gasteiger partial charge in [0, 0.05) is 22.1 Å². The molecule has 0 radical (unpaired) electrons. The molecule has 0 aromatic heterocycles. The van der Waals surface area contributed by atoms with Gasteiger partial charge in [0.05, 0.1) is 10.8 Å². The van der Waals surface area contributed by atoms with Gasteiger partial charge in [-0.2, -0.15) is 0 Å². The SMILES string of the molecule is Cc1ccc(S(=O)CCCN=[N+]=[N-])cc1C. The number of aryl methyl sites for hydroxylation is 2. The summed E-state index contributed by atoms with van der Waals surface area (Å²) in [6.07, 6.45) is 0.656. The van der Waals surface area contributed by atoms with Gasteiger partial charge in [0.25, 0.3) is 0 Å². The first-order chi connectivity index (χ1) is 7.65. The second-order valence-corrected chi connectivity index (χ2v) is 5.17. The summed E-state index contributed by atoms with van der Waals surface area (Å²) in [6.45, 7) is 4.45. The number of nitrogens with zero attached hydrogens (tertiary/aromatic N) is 3. The third-order valence-corrected chi connectivity index (χ3v) is 3.83. The van der Waals surface area contributed by atoms with Crippen LogP contribution < -0.4 is 0 Å². The van der Waals surface area contributed by atoms with Crippen LogP contribution in [-0.2, 0) is 10.8 Å². The maximum atomic E-state index is 11.8. The Hall–Kier alpha value is -1.32. The Kier molecular flexibility index (Phi) is 5.02. The van der Waals surface area contributed by atoms with Crippen LogP contribution in [0.3, 0.4) is 0 Å². The fraction of sp³-hybridized carbons (Fsp3) is 0.455. The summed E-state index contributed by atoms with van der Waals surface area (Å²) < 4.78 is 11.8. The van der Waals surface area contributed by atoms with Crippen molar-refractivity contribution < 1.29 is 4.21 Å². The lowest BCUT2D eigenvalue weighted by molar-refractivity contribution is 0.680. The normalized spacial score (nSPS) is 11.9. The molecular weight excluding hydrogens is 222 g/mol. The molecule has 0 saturated heterocycles. The Balaban J connectivity index is 2.59. The van der Waals surface area contributed by atoms with Crippen molar-refractivity contribution in [2.75, 3.05) is 12.3 Å². The lowest BCUT2D eigenvalue weighted by Crippen LogP contribution is -2.00. The summed E-state index contributed by atoms with van der Waals surface area (Å²) in [6, 6.07) is 5.83. The minimum absolute atomic E-state index is 0.410. The van der Waals surface area contributed by atoms with Gasteiger partial charge in [0.15, 0.2) is 0 Å². The highest BCUT2D eigenvalue weighted by molar-refractivity contribution is 7.85. The maximum Gasteiger partial charge on any atom is 0.0529 e. The van der Waals surface area contributed by atoms with Crippen molar-refractivity contribution in [3.8, 4) is 0 Å². The minimum atomic E-state index is -0.989. The average molecular weight is 237 g/mol. The molecule has 0 aliphatic rings. The van der Waals surface area contributed by atoms with Crippen molar-refractivity contribution in [2.45, 2.75) is 25.2 Å². The zero-order chi connectivity index (χ0) is 12.0. The van der Waals surface area contributed by atoms with Gasteiger partial charge in [-0.05, 0) is 49.1 Å². The van der Waals surface area contributed by atoms with E-state index in [0.717, 1.165) is 10.5 Å². The van der Waals surface area contributed by atoms with Gasteiger partial charge in [-0.3, -0.25) is 4.21 Å². The summed E-state index contributed by atoms with van der Waals surface area (Å²) in [4.78, 5) is 3.51. The number of hydrogen-bond donors (Lipinski definition) is 0. The van der Waals surface area contributed by atoms with Gasteiger partial charge in [-0.15, -0.1) is 0 Å². The second kappa shape index (κ2) is 6.30. The molecule has 86 valence electrons. The molecular formula is C11H15N3OS. The minimum Gasteiger partial charge on any atom is -0.254 e. The Bertz CT molecular complexity index is 439. The largest absolute Gasteiger partial charge is 0.254 e. The topological polar surface area (TPSA) is 65.8 Å². The van der Waals surface area contributed by atoms with Crippen LogP contribution in [0, 0.1) is 13.8 Å². The molecule has 0 amide bonds. The Labute approximate surface area is 97.8 Å². The monoisotopic (exact) mass is 237 g/mol. The van der Waals surface area contributed by atoms with Crippen molar-refractivity contribution in [1.82, 2.24) is 0 Å². The van der Waals surface area contributed by atoms with Gasteiger partial charge >= 0.3 is 0 Å². The predicted molar refractivity (Wildman–Crippen MR) is 65.8 cm³/mol. The molecule has 0 aliphatic heterocycles. The summed E-state index contributed by atoms with van der Waals surface area (Å²) >= 11 is 0. The lowest BCUT2D eigenvalue weighted by atomic mass is 10.1. The number of benzene rings is 1. The van der Waals surface area contributed by atoms with E-state index in [1.54, 1.807) is 0 Å². The van der Waals surface area contributed by atoms with Crippen molar-refractivity contribution >= 4 is 10.8 Å². The molecule has 1 aromatic rings. The molecule has 1 unspecified atom stereocenters. The molecule has 0 N–H and O–H groups in total. The van der Waals surface area contributed by atoms with E-state index in [1.807, 2.05) is 32.0 Å². The molecule has 4 nitrogen and oxygen atoms in total. The van der Waals surface area contributed by atoms with Gasteiger partial charge in [0.2, 0.25) is 0 Å². The average Bonchev–Trinajstić information content (AvgIpc) is 2.28. The number of azide groups is 1. The molecule has 5 heteroatoms. The molecule has 16 heavy (non-hydrogen) atoms. The molecule has 0 fully saturated rings. The van der Waals surface area contributed by atoms with Crippen molar-refractivity contribution in [3.05, 3.63) is 39.8 Å². The molecule has 0 heterocycles. The highest BCUT2D eigenvalue weighted by Gasteiger charge is 2.04. The summed E-state index contributed by atoms with van der Waals surface area (Å²) in [5.41, 5.74) is 10.5. The molecule has 0 spiro atoms. The maximum absolute atomic E-state index is 11.8. The number of hydrogen-bond acceptors (Lipinski definition) is 2. The molecule has 0 bridgehead atoms. The molecule has 0 saturated carbocycles. The van der Waals surface area contributed by atoms with Gasteiger partial charge in [0.1, 0.15) is 0 Å². The smallest absolute Gasteiger partial charge is 0.0529 e. The molecule has 1 atom stereocenters. The number of rotatable bonds is 5. The second-order valence-electron chi connectivity index (χ2n) is 3.60. The van der Waals surface area contributed by atoms with Crippen LogP contribution in [0.1, 0.15) is 17.5 Å². The molecule has 1 rings (SSSR count). The van der Waals surface area contributed by atoms with E-state index < -0.39 is 10.8 Å². The zero-order valence-electron chi connectivity index (χ0n) is 9.51. The van der Waals surface area contributed by atoms with Crippen molar-refractivity contribution in [2.24, 2.45) is 5.11 Å². The van der Waals surface area contributed by atoms with E-state index in [-0.39, 0.29) is 0 Å². The van der Waals surface area contributed by atoms with Crippen LogP contribution in [0.5, 0.6) is 0 Å². The quantitative estimate of drug-likeness (QED) is 0.336. The van der Waals surface area contributed by atoms with E-state index >= 15 is 0 Å². The van der Waals surface area contributed by atoms with Crippen LogP contribution in [0.15, 0.2) is 28.2 Å². The zero-order valence-corrected chi connectivity index (χ0v) is 10.3. The van der Waals surface area contributed by atoms with E-state index in [4.69, 9.17) is 5.53 Å². The van der Waals surface area contributed by atoms with Gasteiger partial charge < -0.3 is 0 Å². The lowest BCUT2D eigenvalue weighted by Gasteiger charge is -2.04. The fourth-order valence-electron chi connectivity index (χ4n) is 1.28. The van der Waals surface area contributed by atoms with Crippen LogP contribution in [0.4, 0.5) is 0 Å². The van der Waals surface area contributed by atoms with E-state index in [1.165, 1.54) is 5.56 Å². The summed E-state index contributed by atoms with van der Waals surface area (Å²) in [5.74, 6) is 0.543. The Morgan fingerprint density at radius 1 is 1.38 bits per heavy atom. The van der Waals surface area contributed by atoms with Crippen LogP contribution in [0.25, 0.3) is 10.4 Å². The van der Waals surface area contributed by atoms with Crippen molar-refractivity contribution in [3.63, 3.8) is 0 Å². The summed E-state index contributed by atoms with van der Waals surface area (Å²) in [5, 5.41) is 3.42.